The number of aryl methyl sites for hydroxylation is 1. The van der Waals surface area contributed by atoms with Crippen LogP contribution in [0.4, 0.5) is 0 Å². The van der Waals surface area contributed by atoms with E-state index >= 15 is 0 Å². The highest BCUT2D eigenvalue weighted by Gasteiger charge is 2.42. The quantitative estimate of drug-likeness (QED) is 0.220. The summed E-state index contributed by atoms with van der Waals surface area (Å²) in [4.78, 5) is 36.5. The van der Waals surface area contributed by atoms with Crippen LogP contribution in [0, 0.1) is 6.92 Å². The molecule has 0 saturated carbocycles. The van der Waals surface area contributed by atoms with E-state index in [2.05, 4.69) is 25.0 Å². The summed E-state index contributed by atoms with van der Waals surface area (Å²) < 4.78 is 74.6. The Labute approximate surface area is 189 Å². The summed E-state index contributed by atoms with van der Waals surface area (Å²) in [6.45, 7) is -3.83. The zero-order valence-electron chi connectivity index (χ0n) is 16.1. The smallest absolute Gasteiger partial charge is 0.379 e. The summed E-state index contributed by atoms with van der Waals surface area (Å²) in [7, 11) is -9.88. The zero-order valence-corrected chi connectivity index (χ0v) is 20.4. The Bertz CT molecular complexity index is 1040. The first-order chi connectivity index (χ1) is 14.5. The Balaban J connectivity index is 1.99. The lowest BCUT2D eigenvalue weighted by Crippen LogP contribution is -2.32. The molecule has 1 aromatic rings. The molecule has 0 bridgehead atoms. The molecule has 1 aliphatic heterocycles. The first-order valence-electron chi connectivity index (χ1n) is 8.34. The molecular weight excluding hydrogens is 536 g/mol. The summed E-state index contributed by atoms with van der Waals surface area (Å²) >= 11 is 3.96. The first kappa shape index (κ1) is 28.0. The molecular formula is C12H18BO14P3S2. The van der Waals surface area contributed by atoms with Gasteiger partial charge in [0.25, 0.3) is 0 Å². The molecule has 32 heavy (non-hydrogen) atoms. The van der Waals surface area contributed by atoms with E-state index in [1.807, 2.05) is 0 Å². The number of phosphoric acid groups is 2. The van der Waals surface area contributed by atoms with Gasteiger partial charge in [-0.25, -0.2) is 17.6 Å². The van der Waals surface area contributed by atoms with Crippen LogP contribution in [0.1, 0.15) is 12.0 Å². The Morgan fingerprint density at radius 2 is 1.72 bits per heavy atom. The molecule has 180 valence electrons. The molecule has 1 aromatic carbocycles. The maximum absolute atomic E-state index is 12.2. The molecule has 0 aromatic heterocycles. The standard InChI is InChI=1S/C12H18BO14P3S2/c1-8-2-4-9(5-3-8)24-32(20,21)25-10-6-12(13)23-11(10)7-22-28(14,15)26-29(16,17)27-30(18,19)31/h2-5,10-12H,6-7H2,1H3,(H,14,15)(H,16,17)(H2,18,19,31). The Hall–Kier alpha value is -0.215. The summed E-state index contributed by atoms with van der Waals surface area (Å²) in [5, 5.41) is 0. The van der Waals surface area contributed by atoms with Crippen LogP contribution >= 0.6 is 22.4 Å². The van der Waals surface area contributed by atoms with E-state index in [0.29, 0.717) is 0 Å². The molecule has 1 heterocycles. The van der Waals surface area contributed by atoms with Crippen molar-refractivity contribution in [2.45, 2.75) is 31.6 Å². The third-order valence-electron chi connectivity index (χ3n) is 3.51. The Morgan fingerprint density at radius 1 is 1.12 bits per heavy atom. The molecule has 1 saturated heterocycles. The van der Waals surface area contributed by atoms with Gasteiger partial charge in [-0.3, -0.25) is 4.52 Å². The van der Waals surface area contributed by atoms with Crippen LogP contribution in [0.25, 0.3) is 0 Å². The van der Waals surface area contributed by atoms with Crippen molar-refractivity contribution in [1.29, 1.82) is 0 Å². The average molecular weight is 554 g/mol. The highest BCUT2D eigenvalue weighted by Crippen LogP contribution is 2.66. The van der Waals surface area contributed by atoms with Crippen LogP contribution in [0.5, 0.6) is 5.75 Å². The fourth-order valence-electron chi connectivity index (χ4n) is 2.35. The van der Waals surface area contributed by atoms with Gasteiger partial charge in [0.2, 0.25) is 0 Å². The van der Waals surface area contributed by atoms with Gasteiger partial charge in [0, 0.05) is 6.00 Å². The predicted octanol–water partition coefficient (Wildman–Crippen LogP) is 0.747. The van der Waals surface area contributed by atoms with Crippen LogP contribution in [0.3, 0.4) is 0 Å². The largest absolute Gasteiger partial charge is 0.488 e. The van der Waals surface area contributed by atoms with Gasteiger partial charge >= 0.3 is 32.8 Å². The molecule has 5 unspecified atom stereocenters. The SMILES string of the molecule is [B]C1CC(OS(=O)(=O)Oc2ccc(C)cc2)C(COP(=O)(O)OP(=O)(O)OP(O)(O)=S)O1. The van der Waals surface area contributed by atoms with Crippen molar-refractivity contribution in [3.63, 3.8) is 0 Å². The lowest BCUT2D eigenvalue weighted by molar-refractivity contribution is 0.00263. The summed E-state index contributed by atoms with van der Waals surface area (Å²) in [6, 6.07) is 4.94. The van der Waals surface area contributed by atoms with Crippen molar-refractivity contribution in [2.75, 3.05) is 6.61 Å². The minimum atomic E-state index is -5.51. The normalized spacial score (nSPS) is 25.7. The molecule has 1 aliphatic rings. The molecule has 1 fully saturated rings. The molecule has 14 nitrogen and oxygen atoms in total. The van der Waals surface area contributed by atoms with Gasteiger partial charge in [-0.15, -0.1) is 0 Å². The second kappa shape index (κ2) is 10.6. The van der Waals surface area contributed by atoms with Crippen molar-refractivity contribution < 1.29 is 63.4 Å². The topological polar surface area (TPSA) is 205 Å². The molecule has 2 rings (SSSR count). The molecule has 4 N–H and O–H groups in total. The van der Waals surface area contributed by atoms with Crippen LogP contribution in [0.15, 0.2) is 24.3 Å². The summed E-state index contributed by atoms with van der Waals surface area (Å²) in [6.07, 6.45) is -2.84. The third kappa shape index (κ3) is 9.96. The zero-order chi connectivity index (χ0) is 24.4. The van der Waals surface area contributed by atoms with Gasteiger partial charge < -0.3 is 28.5 Å². The second-order valence-electron chi connectivity index (χ2n) is 6.27. The Kier molecular flexibility index (Phi) is 9.27. The Morgan fingerprint density at radius 3 is 2.28 bits per heavy atom. The molecule has 0 aliphatic carbocycles. The number of hydrogen-bond acceptors (Lipinski definition) is 11. The fraction of sp³-hybridized carbons (Fsp3) is 0.500. The first-order valence-corrected chi connectivity index (χ1v) is 15.3. The van der Waals surface area contributed by atoms with Crippen LogP contribution in [-0.2, 0) is 53.4 Å². The maximum atomic E-state index is 12.2. The van der Waals surface area contributed by atoms with E-state index in [0.717, 1.165) is 5.56 Å². The van der Waals surface area contributed by atoms with E-state index in [4.69, 9.17) is 30.7 Å². The highest BCUT2D eigenvalue weighted by molar-refractivity contribution is 8.08. The van der Waals surface area contributed by atoms with Gasteiger partial charge in [0.05, 0.1) is 6.61 Å². The van der Waals surface area contributed by atoms with Crippen LogP contribution in [-0.4, -0.2) is 60.7 Å². The number of rotatable bonds is 11. The molecule has 0 spiro atoms. The van der Waals surface area contributed by atoms with Crippen molar-refractivity contribution >= 4 is 52.4 Å². The van der Waals surface area contributed by atoms with Crippen molar-refractivity contribution in [2.24, 2.45) is 0 Å². The monoisotopic (exact) mass is 554 g/mol. The average Bonchev–Trinajstić information content (AvgIpc) is 2.90. The second-order valence-corrected chi connectivity index (χ2v) is 13.3. The van der Waals surface area contributed by atoms with E-state index in [1.165, 1.54) is 12.1 Å². The van der Waals surface area contributed by atoms with E-state index in [-0.39, 0.29) is 12.2 Å². The van der Waals surface area contributed by atoms with Crippen LogP contribution in [0.2, 0.25) is 0 Å². The van der Waals surface area contributed by atoms with Crippen molar-refractivity contribution in [3.05, 3.63) is 29.8 Å². The minimum Gasteiger partial charge on any atom is -0.379 e. The summed E-state index contributed by atoms with van der Waals surface area (Å²) in [5.74, 6) is -0.0352. The van der Waals surface area contributed by atoms with Gasteiger partial charge in [0.15, 0.2) is 0 Å². The number of ether oxygens (including phenoxy) is 1. The van der Waals surface area contributed by atoms with Gasteiger partial charge in [-0.05, 0) is 37.3 Å². The van der Waals surface area contributed by atoms with E-state index in [9.17, 15) is 27.3 Å². The van der Waals surface area contributed by atoms with E-state index in [1.54, 1.807) is 19.1 Å². The molecule has 20 heteroatoms. The van der Waals surface area contributed by atoms with Gasteiger partial charge in [0.1, 0.15) is 25.8 Å². The minimum absolute atomic E-state index is 0.0352. The lowest BCUT2D eigenvalue weighted by Gasteiger charge is -2.21. The fourth-order valence-corrected chi connectivity index (χ4v) is 7.03. The number of hydrogen-bond donors (Lipinski definition) is 4. The van der Waals surface area contributed by atoms with Gasteiger partial charge in [-0.1, -0.05) is 17.7 Å². The van der Waals surface area contributed by atoms with E-state index < -0.39 is 57.6 Å². The van der Waals surface area contributed by atoms with Crippen molar-refractivity contribution in [1.82, 2.24) is 0 Å². The highest BCUT2D eigenvalue weighted by atomic mass is 32.5. The summed E-state index contributed by atoms with van der Waals surface area (Å²) in [5.41, 5.74) is 0.856. The van der Waals surface area contributed by atoms with Gasteiger partial charge in [-0.2, -0.15) is 12.7 Å². The maximum Gasteiger partial charge on any atom is 0.488 e. The molecule has 2 radical (unpaired) electrons. The number of benzene rings is 1. The molecule has 5 atom stereocenters. The van der Waals surface area contributed by atoms with Crippen LogP contribution < -0.4 is 4.18 Å². The number of phosphoric ester groups is 1. The lowest BCUT2D eigenvalue weighted by atomic mass is 9.96. The third-order valence-corrected chi connectivity index (χ3v) is 8.79. The van der Waals surface area contributed by atoms with Crippen molar-refractivity contribution in [3.8, 4) is 5.75 Å². The predicted molar refractivity (Wildman–Crippen MR) is 111 cm³/mol. The molecule has 0 amide bonds.